The highest BCUT2D eigenvalue weighted by atomic mass is 19.2. The van der Waals surface area contributed by atoms with Crippen LogP contribution in [-0.4, -0.2) is 12.4 Å². The van der Waals surface area contributed by atoms with E-state index in [2.05, 4.69) is 4.74 Å². The van der Waals surface area contributed by atoms with Gasteiger partial charge >= 0.3 is 0 Å². The third-order valence-corrected chi connectivity index (χ3v) is 3.31. The second kappa shape index (κ2) is 5.76. The van der Waals surface area contributed by atoms with E-state index >= 15 is 0 Å². The van der Waals surface area contributed by atoms with Crippen LogP contribution in [0.1, 0.15) is 25.7 Å². The molecule has 0 spiro atoms. The van der Waals surface area contributed by atoms with Gasteiger partial charge in [-0.1, -0.05) is 0 Å². The maximum absolute atomic E-state index is 13.3. The van der Waals surface area contributed by atoms with Gasteiger partial charge in [0, 0.05) is 12.3 Å². The van der Waals surface area contributed by atoms with Crippen LogP contribution in [-0.2, 0) is 4.79 Å². The topological polar surface area (TPSA) is 26.3 Å². The first kappa shape index (κ1) is 14.7. The number of ketones is 1. The molecule has 1 saturated carbocycles. The summed E-state index contributed by atoms with van der Waals surface area (Å²) in [4.78, 5) is 11.3. The third-order valence-electron chi connectivity index (χ3n) is 3.31. The number of rotatable bonds is 4. The van der Waals surface area contributed by atoms with E-state index in [0.29, 0.717) is 12.8 Å². The Balaban J connectivity index is 2.08. The van der Waals surface area contributed by atoms with E-state index in [1.54, 1.807) is 0 Å². The molecule has 1 fully saturated rings. The fraction of sp³-hybridized carbons (Fsp3) is 0.462. The summed E-state index contributed by atoms with van der Waals surface area (Å²) in [6, 6.07) is 0. The minimum atomic E-state index is -2.22. The second-order valence-corrected chi connectivity index (χ2v) is 4.59. The summed E-state index contributed by atoms with van der Waals surface area (Å²) < 4.78 is 69.8. The summed E-state index contributed by atoms with van der Waals surface area (Å²) in [7, 11) is 0. The molecule has 0 radical (unpaired) electrons. The van der Waals surface area contributed by atoms with Gasteiger partial charge in [0.1, 0.15) is 5.78 Å². The number of carbonyl (C=O) groups excluding carboxylic acids is 1. The van der Waals surface area contributed by atoms with Crippen LogP contribution in [0.15, 0.2) is 0 Å². The van der Waals surface area contributed by atoms with E-state index in [-0.39, 0.29) is 24.7 Å². The highest BCUT2D eigenvalue weighted by molar-refractivity contribution is 5.82. The van der Waals surface area contributed by atoms with Crippen LogP contribution in [0.2, 0.25) is 0 Å². The SMILES string of the molecule is O=C1CCCC1CCOc1c(F)c(F)c(F)c(F)c1F. The average Bonchev–Trinajstić information content (AvgIpc) is 2.84. The lowest BCUT2D eigenvalue weighted by Gasteiger charge is -2.12. The molecule has 2 nitrogen and oxygen atoms in total. The Morgan fingerprint density at radius 3 is 2.00 bits per heavy atom. The van der Waals surface area contributed by atoms with Crippen LogP contribution in [0, 0.1) is 35.0 Å². The molecule has 1 aromatic rings. The van der Waals surface area contributed by atoms with Gasteiger partial charge in [0.2, 0.25) is 29.1 Å². The quantitative estimate of drug-likeness (QED) is 0.482. The lowest BCUT2D eigenvalue weighted by Crippen LogP contribution is -2.13. The number of ether oxygens (including phenoxy) is 1. The maximum atomic E-state index is 13.3. The first-order chi connectivity index (χ1) is 9.43. The van der Waals surface area contributed by atoms with Crippen molar-refractivity contribution in [3.8, 4) is 5.75 Å². The smallest absolute Gasteiger partial charge is 0.206 e. The molecule has 110 valence electrons. The van der Waals surface area contributed by atoms with Crippen molar-refractivity contribution >= 4 is 5.78 Å². The second-order valence-electron chi connectivity index (χ2n) is 4.59. The van der Waals surface area contributed by atoms with Crippen LogP contribution in [0.4, 0.5) is 22.0 Å². The Morgan fingerprint density at radius 2 is 1.50 bits per heavy atom. The number of hydrogen-bond donors (Lipinski definition) is 0. The highest BCUT2D eigenvalue weighted by Crippen LogP contribution is 2.30. The number of halogens is 5. The summed E-state index contributed by atoms with van der Waals surface area (Å²) in [6.45, 7) is -0.283. The number of carbonyl (C=O) groups is 1. The first-order valence-electron chi connectivity index (χ1n) is 6.10. The van der Waals surface area contributed by atoms with Gasteiger partial charge in [0.05, 0.1) is 6.61 Å². The lowest BCUT2D eigenvalue weighted by molar-refractivity contribution is -0.121. The minimum absolute atomic E-state index is 0.0333. The first-order valence-corrected chi connectivity index (χ1v) is 6.10. The van der Waals surface area contributed by atoms with E-state index in [4.69, 9.17) is 0 Å². The summed E-state index contributed by atoms with van der Waals surface area (Å²) in [5, 5.41) is 0. The molecule has 20 heavy (non-hydrogen) atoms. The monoisotopic (exact) mass is 294 g/mol. The zero-order valence-corrected chi connectivity index (χ0v) is 10.3. The molecule has 1 unspecified atom stereocenters. The van der Waals surface area contributed by atoms with Crippen molar-refractivity contribution < 1.29 is 31.5 Å². The summed E-state index contributed by atoms with van der Waals surface area (Å²) >= 11 is 0. The van der Waals surface area contributed by atoms with Crippen LogP contribution < -0.4 is 4.74 Å². The van der Waals surface area contributed by atoms with Gasteiger partial charge in [-0.05, 0) is 19.3 Å². The number of hydrogen-bond acceptors (Lipinski definition) is 2. The molecule has 0 amide bonds. The Kier molecular flexibility index (Phi) is 4.25. The van der Waals surface area contributed by atoms with Crippen molar-refractivity contribution in [2.45, 2.75) is 25.7 Å². The molecule has 1 atom stereocenters. The van der Waals surface area contributed by atoms with Crippen molar-refractivity contribution in [2.24, 2.45) is 5.92 Å². The Hall–Kier alpha value is -1.66. The van der Waals surface area contributed by atoms with Crippen molar-refractivity contribution in [2.75, 3.05) is 6.61 Å². The van der Waals surface area contributed by atoms with Gasteiger partial charge in [-0.15, -0.1) is 0 Å². The molecule has 0 saturated heterocycles. The normalized spacial score (nSPS) is 18.6. The van der Waals surface area contributed by atoms with Crippen LogP contribution in [0.3, 0.4) is 0 Å². The molecule has 2 rings (SSSR count). The largest absolute Gasteiger partial charge is 0.487 e. The molecule has 0 N–H and O–H groups in total. The van der Waals surface area contributed by atoms with Crippen molar-refractivity contribution in [1.29, 1.82) is 0 Å². The fourth-order valence-corrected chi connectivity index (χ4v) is 2.21. The van der Waals surface area contributed by atoms with Gasteiger partial charge in [-0.25, -0.2) is 13.2 Å². The molecule has 1 aromatic carbocycles. The zero-order valence-electron chi connectivity index (χ0n) is 10.3. The van der Waals surface area contributed by atoms with E-state index in [1.807, 2.05) is 0 Å². The van der Waals surface area contributed by atoms with Gasteiger partial charge in [-0.2, -0.15) is 8.78 Å². The van der Waals surface area contributed by atoms with Crippen molar-refractivity contribution in [3.63, 3.8) is 0 Å². The minimum Gasteiger partial charge on any atom is -0.487 e. The molecule has 0 aliphatic heterocycles. The zero-order chi connectivity index (χ0) is 14.9. The van der Waals surface area contributed by atoms with E-state index in [0.717, 1.165) is 6.42 Å². The van der Waals surface area contributed by atoms with E-state index in [1.165, 1.54) is 0 Å². The predicted molar refractivity (Wildman–Crippen MR) is 58.7 cm³/mol. The predicted octanol–water partition coefficient (Wildman–Crippen LogP) is 3.52. The van der Waals surface area contributed by atoms with Crippen LogP contribution in [0.25, 0.3) is 0 Å². The third kappa shape index (κ3) is 2.62. The van der Waals surface area contributed by atoms with Crippen LogP contribution >= 0.6 is 0 Å². The molecular weight excluding hydrogens is 283 g/mol. The summed E-state index contributed by atoms with van der Waals surface area (Å²) in [5.74, 6) is -11.8. The van der Waals surface area contributed by atoms with Gasteiger partial charge < -0.3 is 4.74 Å². The lowest BCUT2D eigenvalue weighted by atomic mass is 10.0. The molecule has 1 aliphatic rings. The number of benzene rings is 1. The fourth-order valence-electron chi connectivity index (χ4n) is 2.21. The molecule has 7 heteroatoms. The number of Topliss-reactive ketones (excluding diaryl/α,β-unsaturated/α-hetero) is 1. The van der Waals surface area contributed by atoms with Gasteiger partial charge in [0.25, 0.3) is 0 Å². The van der Waals surface area contributed by atoms with Crippen molar-refractivity contribution in [3.05, 3.63) is 29.1 Å². The Morgan fingerprint density at radius 1 is 0.950 bits per heavy atom. The highest BCUT2D eigenvalue weighted by Gasteiger charge is 2.28. The van der Waals surface area contributed by atoms with Crippen LogP contribution in [0.5, 0.6) is 5.75 Å². The molecule has 1 aliphatic carbocycles. The Bertz CT molecular complexity index is 515. The standard InChI is InChI=1S/C13H11F5O2/c14-8-9(15)11(17)13(12(18)10(8)16)20-5-4-6-2-1-3-7(6)19/h6H,1-5H2. The van der Waals surface area contributed by atoms with Gasteiger partial charge in [-0.3, -0.25) is 4.79 Å². The van der Waals surface area contributed by atoms with E-state index < -0.39 is 34.8 Å². The summed E-state index contributed by atoms with van der Waals surface area (Å²) in [5.41, 5.74) is 0. The molecule has 0 heterocycles. The van der Waals surface area contributed by atoms with E-state index in [9.17, 15) is 26.7 Å². The average molecular weight is 294 g/mol. The molecule has 0 aromatic heterocycles. The maximum Gasteiger partial charge on any atom is 0.206 e. The molecular formula is C13H11F5O2. The molecule has 0 bridgehead atoms. The Labute approximate surface area is 111 Å². The van der Waals surface area contributed by atoms with Crippen molar-refractivity contribution in [1.82, 2.24) is 0 Å². The van der Waals surface area contributed by atoms with Gasteiger partial charge in [0.15, 0.2) is 5.75 Å². The summed E-state index contributed by atoms with van der Waals surface area (Å²) in [6.07, 6.45) is 2.04.